The lowest BCUT2D eigenvalue weighted by atomic mass is 10.2. The van der Waals surface area contributed by atoms with Crippen molar-refractivity contribution in [2.75, 3.05) is 26.2 Å². The molecule has 18 heavy (non-hydrogen) atoms. The summed E-state index contributed by atoms with van der Waals surface area (Å²) < 4.78 is 33.9. The molecule has 0 saturated carbocycles. The van der Waals surface area contributed by atoms with Gasteiger partial charge < -0.3 is 10.5 Å². The number of hydrogen-bond acceptors (Lipinski definition) is 4. The quantitative estimate of drug-likeness (QED) is 0.773. The zero-order valence-corrected chi connectivity index (χ0v) is 11.9. The molecular weight excluding hydrogens is 254 g/mol. The molecule has 0 spiro atoms. The fourth-order valence-electron chi connectivity index (χ4n) is 2.68. The lowest BCUT2D eigenvalue weighted by molar-refractivity contribution is -0.0191. The van der Waals surface area contributed by atoms with E-state index in [0.717, 1.165) is 12.8 Å². The molecule has 0 aliphatic carbocycles. The van der Waals surface area contributed by atoms with E-state index in [2.05, 4.69) is 0 Å². The largest absolute Gasteiger partial charge is 0.375 e. The van der Waals surface area contributed by atoms with Crippen molar-refractivity contribution < 1.29 is 13.2 Å². The smallest absolute Gasteiger partial charge is 0.282 e. The fourth-order valence-corrected chi connectivity index (χ4v) is 4.79. The van der Waals surface area contributed by atoms with Gasteiger partial charge in [-0.15, -0.1) is 0 Å². The van der Waals surface area contributed by atoms with E-state index < -0.39 is 10.2 Å². The van der Waals surface area contributed by atoms with Crippen LogP contribution in [0.3, 0.4) is 0 Å². The molecule has 0 aromatic carbocycles. The van der Waals surface area contributed by atoms with Gasteiger partial charge in [0.25, 0.3) is 10.2 Å². The van der Waals surface area contributed by atoms with E-state index in [9.17, 15) is 8.42 Å². The standard InChI is InChI=1S/C11H23N3O3S/c1-9-8-17-10(2)7-14(9)18(15,16)13-5-3-4-11(13)6-12/h9-11H,3-8,12H2,1-2H3. The Hall–Kier alpha value is -0.210. The monoisotopic (exact) mass is 277 g/mol. The van der Waals surface area contributed by atoms with Crippen LogP contribution in [0.2, 0.25) is 0 Å². The molecule has 2 aliphatic heterocycles. The Morgan fingerprint density at radius 3 is 2.72 bits per heavy atom. The average molecular weight is 277 g/mol. The van der Waals surface area contributed by atoms with E-state index in [0.29, 0.717) is 26.2 Å². The van der Waals surface area contributed by atoms with Crippen LogP contribution in [0, 0.1) is 0 Å². The van der Waals surface area contributed by atoms with Crippen LogP contribution in [0.25, 0.3) is 0 Å². The van der Waals surface area contributed by atoms with Gasteiger partial charge in [0, 0.05) is 31.7 Å². The van der Waals surface area contributed by atoms with Crippen LogP contribution in [-0.4, -0.2) is 61.5 Å². The zero-order chi connectivity index (χ0) is 13.3. The van der Waals surface area contributed by atoms with Gasteiger partial charge in [-0.05, 0) is 26.7 Å². The molecule has 2 aliphatic rings. The summed E-state index contributed by atoms with van der Waals surface area (Å²) in [5.41, 5.74) is 5.66. The summed E-state index contributed by atoms with van der Waals surface area (Å²) in [5.74, 6) is 0. The minimum absolute atomic E-state index is 0.0413. The van der Waals surface area contributed by atoms with Crippen molar-refractivity contribution in [2.45, 2.75) is 44.9 Å². The SMILES string of the molecule is CC1CN(S(=O)(=O)N2CCCC2CN)C(C)CO1. The van der Waals surface area contributed by atoms with E-state index in [1.807, 2.05) is 13.8 Å². The summed E-state index contributed by atoms with van der Waals surface area (Å²) in [6.45, 7) is 5.66. The first kappa shape index (κ1) is 14.2. The molecule has 0 aromatic heterocycles. The van der Waals surface area contributed by atoms with Gasteiger partial charge in [0.1, 0.15) is 0 Å². The molecule has 0 bridgehead atoms. The molecule has 2 saturated heterocycles. The topological polar surface area (TPSA) is 75.9 Å². The Morgan fingerprint density at radius 2 is 2.06 bits per heavy atom. The van der Waals surface area contributed by atoms with Gasteiger partial charge in [-0.25, -0.2) is 0 Å². The third-order valence-electron chi connectivity index (χ3n) is 3.74. The highest BCUT2D eigenvalue weighted by atomic mass is 32.2. The third-order valence-corrected chi connectivity index (χ3v) is 5.91. The molecule has 6 nitrogen and oxygen atoms in total. The summed E-state index contributed by atoms with van der Waals surface area (Å²) in [7, 11) is -3.40. The molecule has 106 valence electrons. The van der Waals surface area contributed by atoms with Crippen molar-refractivity contribution in [3.8, 4) is 0 Å². The van der Waals surface area contributed by atoms with E-state index >= 15 is 0 Å². The maximum absolute atomic E-state index is 12.7. The maximum atomic E-state index is 12.7. The van der Waals surface area contributed by atoms with Crippen LogP contribution in [0.4, 0.5) is 0 Å². The van der Waals surface area contributed by atoms with Crippen LogP contribution in [0.5, 0.6) is 0 Å². The van der Waals surface area contributed by atoms with E-state index in [1.165, 1.54) is 0 Å². The summed E-state index contributed by atoms with van der Waals surface area (Å²) in [5, 5.41) is 0. The van der Waals surface area contributed by atoms with Crippen LogP contribution in [0.1, 0.15) is 26.7 Å². The first-order valence-electron chi connectivity index (χ1n) is 6.57. The average Bonchev–Trinajstić information content (AvgIpc) is 2.81. The Balaban J connectivity index is 2.19. The van der Waals surface area contributed by atoms with Gasteiger partial charge in [0.05, 0.1) is 12.7 Å². The number of hydrogen-bond donors (Lipinski definition) is 1. The molecule has 2 heterocycles. The molecular formula is C11H23N3O3S. The first-order chi connectivity index (χ1) is 8.46. The van der Waals surface area contributed by atoms with Crippen molar-refractivity contribution in [1.29, 1.82) is 0 Å². The Labute approximate surface area is 109 Å². The minimum atomic E-state index is -3.40. The fraction of sp³-hybridized carbons (Fsp3) is 1.00. The molecule has 0 amide bonds. The Morgan fingerprint density at radius 1 is 1.33 bits per heavy atom. The summed E-state index contributed by atoms with van der Waals surface area (Å²) in [6, 6.07) is -0.148. The van der Waals surface area contributed by atoms with Crippen molar-refractivity contribution in [3.63, 3.8) is 0 Å². The van der Waals surface area contributed by atoms with Gasteiger partial charge in [-0.3, -0.25) is 0 Å². The highest BCUT2D eigenvalue weighted by molar-refractivity contribution is 7.86. The van der Waals surface area contributed by atoms with Crippen molar-refractivity contribution in [2.24, 2.45) is 5.73 Å². The normalized spacial score (nSPS) is 36.1. The molecule has 7 heteroatoms. The van der Waals surface area contributed by atoms with Crippen molar-refractivity contribution in [3.05, 3.63) is 0 Å². The molecule has 2 N–H and O–H groups in total. The maximum Gasteiger partial charge on any atom is 0.282 e. The van der Waals surface area contributed by atoms with Crippen LogP contribution >= 0.6 is 0 Å². The van der Waals surface area contributed by atoms with Gasteiger partial charge >= 0.3 is 0 Å². The minimum Gasteiger partial charge on any atom is -0.375 e. The second kappa shape index (κ2) is 5.42. The Kier molecular flexibility index (Phi) is 4.28. The number of rotatable bonds is 3. The highest BCUT2D eigenvalue weighted by Crippen LogP contribution is 2.25. The number of ether oxygens (including phenoxy) is 1. The van der Waals surface area contributed by atoms with Crippen molar-refractivity contribution in [1.82, 2.24) is 8.61 Å². The predicted molar refractivity (Wildman–Crippen MR) is 69.3 cm³/mol. The molecule has 2 rings (SSSR count). The van der Waals surface area contributed by atoms with Crippen molar-refractivity contribution >= 4 is 10.2 Å². The van der Waals surface area contributed by atoms with Gasteiger partial charge in [-0.2, -0.15) is 17.0 Å². The zero-order valence-electron chi connectivity index (χ0n) is 11.1. The summed E-state index contributed by atoms with van der Waals surface area (Å²) >= 11 is 0. The van der Waals surface area contributed by atoms with Gasteiger partial charge in [0.2, 0.25) is 0 Å². The molecule has 3 atom stereocenters. The third kappa shape index (κ3) is 2.55. The second-order valence-electron chi connectivity index (χ2n) is 5.21. The van der Waals surface area contributed by atoms with Crippen LogP contribution in [-0.2, 0) is 14.9 Å². The first-order valence-corrected chi connectivity index (χ1v) is 7.96. The summed E-state index contributed by atoms with van der Waals surface area (Å²) in [4.78, 5) is 0. The number of nitrogens with zero attached hydrogens (tertiary/aromatic N) is 2. The molecule has 2 fully saturated rings. The van der Waals surface area contributed by atoms with Gasteiger partial charge in [0.15, 0.2) is 0 Å². The van der Waals surface area contributed by atoms with Crippen LogP contribution < -0.4 is 5.73 Å². The van der Waals surface area contributed by atoms with E-state index in [-0.39, 0.29) is 18.2 Å². The second-order valence-corrected chi connectivity index (χ2v) is 7.05. The number of morpholine rings is 1. The Bertz CT molecular complexity index is 387. The van der Waals surface area contributed by atoms with E-state index in [4.69, 9.17) is 10.5 Å². The predicted octanol–water partition coefficient (Wildman–Crippen LogP) is -0.236. The summed E-state index contributed by atoms with van der Waals surface area (Å²) in [6.07, 6.45) is 1.72. The van der Waals surface area contributed by atoms with E-state index in [1.54, 1.807) is 8.61 Å². The molecule has 3 unspecified atom stereocenters. The number of nitrogens with two attached hydrogens (primary N) is 1. The lowest BCUT2D eigenvalue weighted by Crippen LogP contribution is -2.56. The molecule has 0 radical (unpaired) electrons. The van der Waals surface area contributed by atoms with Crippen LogP contribution in [0.15, 0.2) is 0 Å². The van der Waals surface area contributed by atoms with Gasteiger partial charge in [-0.1, -0.05) is 0 Å². The molecule has 0 aromatic rings. The highest BCUT2D eigenvalue weighted by Gasteiger charge is 2.41. The lowest BCUT2D eigenvalue weighted by Gasteiger charge is -2.39.